The first kappa shape index (κ1) is 14.9. The maximum atomic E-state index is 11.8. The minimum absolute atomic E-state index is 0.146. The van der Waals surface area contributed by atoms with Gasteiger partial charge >= 0.3 is 12.2 Å². The second kappa shape index (κ2) is 6.31. The van der Waals surface area contributed by atoms with Crippen LogP contribution in [0.3, 0.4) is 0 Å². The maximum Gasteiger partial charge on any atom is 0.414 e. The van der Waals surface area contributed by atoms with Gasteiger partial charge in [-0.1, -0.05) is 0 Å². The lowest BCUT2D eigenvalue weighted by molar-refractivity contribution is 0.0335. The van der Waals surface area contributed by atoms with Gasteiger partial charge in [-0.2, -0.15) is 0 Å². The third-order valence-electron chi connectivity index (χ3n) is 3.11. The minimum atomic E-state index is -1.25. The summed E-state index contributed by atoms with van der Waals surface area (Å²) in [5.74, 6) is 0.661. The first-order chi connectivity index (χ1) is 10.0. The number of hydrogen-bond acceptors (Lipinski definition) is 5. The summed E-state index contributed by atoms with van der Waals surface area (Å²) in [5, 5.41) is 20.3. The van der Waals surface area contributed by atoms with Gasteiger partial charge in [0.2, 0.25) is 0 Å². The molecule has 8 nitrogen and oxygen atoms in total. The highest BCUT2D eigenvalue weighted by atomic mass is 16.6. The van der Waals surface area contributed by atoms with Crippen molar-refractivity contribution in [2.75, 3.05) is 25.1 Å². The van der Waals surface area contributed by atoms with Gasteiger partial charge in [-0.05, 0) is 24.3 Å². The Bertz CT molecular complexity index is 518. The van der Waals surface area contributed by atoms with Gasteiger partial charge in [0.15, 0.2) is 0 Å². The first-order valence-electron chi connectivity index (χ1n) is 6.28. The lowest BCUT2D eigenvalue weighted by atomic mass is 10.2. The smallest absolute Gasteiger partial charge is 0.414 e. The molecule has 8 heteroatoms. The van der Waals surface area contributed by atoms with Gasteiger partial charge in [0.05, 0.1) is 20.2 Å². The van der Waals surface area contributed by atoms with E-state index in [-0.39, 0.29) is 13.1 Å². The molecule has 1 aliphatic rings. The molecule has 0 radical (unpaired) electrons. The topological polar surface area (TPSA) is 108 Å². The Labute approximate surface area is 120 Å². The van der Waals surface area contributed by atoms with E-state index in [1.165, 1.54) is 4.90 Å². The zero-order valence-corrected chi connectivity index (χ0v) is 11.4. The number of carboxylic acid groups (broad SMARTS) is 1. The van der Waals surface area contributed by atoms with Crippen LogP contribution in [0.1, 0.15) is 0 Å². The summed E-state index contributed by atoms with van der Waals surface area (Å²) in [6.45, 7) is -0.0582. The molecule has 1 heterocycles. The number of anilines is 1. The van der Waals surface area contributed by atoms with Crippen molar-refractivity contribution in [2.24, 2.45) is 0 Å². The third-order valence-corrected chi connectivity index (χ3v) is 3.11. The molecular formula is C13H16N2O6. The van der Waals surface area contributed by atoms with Gasteiger partial charge in [0, 0.05) is 5.69 Å². The van der Waals surface area contributed by atoms with E-state index in [9.17, 15) is 14.7 Å². The van der Waals surface area contributed by atoms with Crippen LogP contribution in [0.4, 0.5) is 15.3 Å². The van der Waals surface area contributed by atoms with Gasteiger partial charge in [-0.25, -0.2) is 9.59 Å². The number of benzene rings is 1. The molecule has 114 valence electrons. The van der Waals surface area contributed by atoms with E-state index in [1.54, 1.807) is 31.4 Å². The largest absolute Gasteiger partial charge is 0.497 e. The van der Waals surface area contributed by atoms with Crippen LogP contribution in [0.5, 0.6) is 5.75 Å². The quantitative estimate of drug-likeness (QED) is 0.736. The molecule has 0 bridgehead atoms. The number of rotatable bonds is 5. The third kappa shape index (κ3) is 3.54. The van der Waals surface area contributed by atoms with Gasteiger partial charge in [-0.15, -0.1) is 0 Å². The lowest BCUT2D eigenvalue weighted by Gasteiger charge is -2.16. The second-order valence-corrected chi connectivity index (χ2v) is 4.48. The van der Waals surface area contributed by atoms with Crippen LogP contribution in [0, 0.1) is 0 Å². The summed E-state index contributed by atoms with van der Waals surface area (Å²) >= 11 is 0. The SMILES string of the molecule is COc1ccc(N2C[C@H](C(O)CNC(=O)O)OC2=O)cc1. The average molecular weight is 296 g/mol. The van der Waals surface area contributed by atoms with Gasteiger partial charge in [-0.3, -0.25) is 4.90 Å². The summed E-state index contributed by atoms with van der Waals surface area (Å²) in [5.41, 5.74) is 0.613. The molecule has 0 aromatic heterocycles. The number of nitrogens with zero attached hydrogens (tertiary/aromatic N) is 1. The molecule has 2 rings (SSSR count). The Morgan fingerprint density at radius 3 is 2.76 bits per heavy atom. The minimum Gasteiger partial charge on any atom is -0.497 e. The van der Waals surface area contributed by atoms with Crippen molar-refractivity contribution in [3.05, 3.63) is 24.3 Å². The molecule has 1 unspecified atom stereocenters. The number of carbonyl (C=O) groups excluding carboxylic acids is 1. The van der Waals surface area contributed by atoms with Crippen LogP contribution in [-0.2, 0) is 4.74 Å². The summed E-state index contributed by atoms with van der Waals surface area (Å²) in [4.78, 5) is 23.6. The second-order valence-electron chi connectivity index (χ2n) is 4.48. The fraction of sp³-hybridized carbons (Fsp3) is 0.385. The molecule has 1 fully saturated rings. The van der Waals surface area contributed by atoms with Crippen molar-refractivity contribution in [3.8, 4) is 5.75 Å². The normalized spacial score (nSPS) is 19.0. The van der Waals surface area contributed by atoms with Crippen LogP contribution in [0.15, 0.2) is 24.3 Å². The Morgan fingerprint density at radius 2 is 2.19 bits per heavy atom. The van der Waals surface area contributed by atoms with Gasteiger partial charge in [0.1, 0.15) is 18.0 Å². The fourth-order valence-corrected chi connectivity index (χ4v) is 1.98. The van der Waals surface area contributed by atoms with Crippen molar-refractivity contribution >= 4 is 17.9 Å². The molecule has 1 saturated heterocycles. The van der Waals surface area contributed by atoms with E-state index in [1.807, 2.05) is 5.32 Å². The predicted octanol–water partition coefficient (Wildman–Crippen LogP) is 0.649. The predicted molar refractivity (Wildman–Crippen MR) is 72.6 cm³/mol. The zero-order chi connectivity index (χ0) is 15.4. The lowest BCUT2D eigenvalue weighted by Crippen LogP contribution is -2.40. The molecule has 0 saturated carbocycles. The molecular weight excluding hydrogens is 280 g/mol. The van der Waals surface area contributed by atoms with Crippen molar-refractivity contribution in [3.63, 3.8) is 0 Å². The summed E-state index contributed by atoms with van der Waals surface area (Å²) in [6.07, 6.45) is -3.72. The monoisotopic (exact) mass is 296 g/mol. The van der Waals surface area contributed by atoms with Gasteiger partial charge in [0.25, 0.3) is 0 Å². The van der Waals surface area contributed by atoms with Crippen molar-refractivity contribution < 1.29 is 29.3 Å². The molecule has 2 atom stereocenters. The molecule has 0 aliphatic carbocycles. The number of cyclic esters (lactones) is 1. The Balaban J connectivity index is 1.99. The van der Waals surface area contributed by atoms with Crippen molar-refractivity contribution in [1.29, 1.82) is 0 Å². The van der Waals surface area contributed by atoms with E-state index in [4.69, 9.17) is 14.6 Å². The van der Waals surface area contributed by atoms with E-state index in [2.05, 4.69) is 0 Å². The molecule has 3 N–H and O–H groups in total. The Morgan fingerprint density at radius 1 is 1.52 bits per heavy atom. The Kier molecular flexibility index (Phi) is 4.49. The number of carbonyl (C=O) groups is 2. The fourth-order valence-electron chi connectivity index (χ4n) is 1.98. The van der Waals surface area contributed by atoms with E-state index in [0.717, 1.165) is 0 Å². The number of amides is 2. The number of hydrogen-bond donors (Lipinski definition) is 3. The highest BCUT2D eigenvalue weighted by molar-refractivity contribution is 5.89. The van der Waals surface area contributed by atoms with E-state index in [0.29, 0.717) is 11.4 Å². The number of aliphatic hydroxyl groups excluding tert-OH is 1. The number of ether oxygens (including phenoxy) is 2. The Hall–Kier alpha value is -2.48. The van der Waals surface area contributed by atoms with Crippen LogP contribution in [0.2, 0.25) is 0 Å². The highest BCUT2D eigenvalue weighted by Gasteiger charge is 2.36. The molecule has 1 aliphatic heterocycles. The average Bonchev–Trinajstić information content (AvgIpc) is 2.87. The standard InChI is InChI=1S/C13H16N2O6/c1-20-9-4-2-8(3-5-9)15-7-11(21-13(15)19)10(16)6-14-12(17)18/h2-5,10-11,14,16H,6-7H2,1H3,(H,17,18)/t10?,11-/m1/s1. The van der Waals surface area contributed by atoms with Crippen LogP contribution >= 0.6 is 0 Å². The van der Waals surface area contributed by atoms with Crippen molar-refractivity contribution in [2.45, 2.75) is 12.2 Å². The van der Waals surface area contributed by atoms with Crippen LogP contribution in [0.25, 0.3) is 0 Å². The maximum absolute atomic E-state index is 11.8. The summed E-state index contributed by atoms with van der Waals surface area (Å²) < 4.78 is 10.1. The number of methoxy groups -OCH3 is 1. The zero-order valence-electron chi connectivity index (χ0n) is 11.4. The van der Waals surface area contributed by atoms with Gasteiger partial charge < -0.3 is 25.0 Å². The molecule has 1 aromatic carbocycles. The summed E-state index contributed by atoms with van der Waals surface area (Å²) in [7, 11) is 1.54. The molecule has 1 aromatic rings. The van der Waals surface area contributed by atoms with Crippen LogP contribution < -0.4 is 15.0 Å². The summed E-state index contributed by atoms with van der Waals surface area (Å²) in [6, 6.07) is 6.81. The van der Waals surface area contributed by atoms with Crippen molar-refractivity contribution in [1.82, 2.24) is 5.32 Å². The number of aliphatic hydroxyl groups is 1. The van der Waals surface area contributed by atoms with E-state index < -0.39 is 24.4 Å². The first-order valence-corrected chi connectivity index (χ1v) is 6.28. The highest BCUT2D eigenvalue weighted by Crippen LogP contribution is 2.25. The molecule has 21 heavy (non-hydrogen) atoms. The number of nitrogens with one attached hydrogen (secondary N) is 1. The molecule has 2 amide bonds. The van der Waals surface area contributed by atoms with Crippen LogP contribution in [-0.4, -0.2) is 54.8 Å². The van der Waals surface area contributed by atoms with E-state index >= 15 is 0 Å². The molecule has 0 spiro atoms.